The molecule has 2 heteroatoms. The van der Waals surface area contributed by atoms with Gasteiger partial charge in [-0.05, 0) is 83.4 Å². The number of Topliss-reactive ketones (excluding diaryl/α,β-unsaturated/α-hetero) is 1. The maximum atomic E-state index is 13.8. The lowest BCUT2D eigenvalue weighted by molar-refractivity contribution is 0.0979. The number of unbranched alkanes of at least 4 members (excludes halogenated alkanes) is 3. The zero-order chi connectivity index (χ0) is 27.4. The number of aryl methyl sites for hydroxylation is 1. The van der Waals surface area contributed by atoms with Gasteiger partial charge in [0.2, 0.25) is 5.78 Å². The molecule has 3 unspecified atom stereocenters. The first-order chi connectivity index (χ1) is 17.8. The Morgan fingerprint density at radius 3 is 1.86 bits per heavy atom. The van der Waals surface area contributed by atoms with Gasteiger partial charge in [0.25, 0.3) is 0 Å². The molecule has 2 nitrogen and oxygen atoms in total. The summed E-state index contributed by atoms with van der Waals surface area (Å²) in [5.41, 5.74) is 6.33. The van der Waals surface area contributed by atoms with Crippen molar-refractivity contribution < 1.29 is 9.90 Å². The van der Waals surface area contributed by atoms with Crippen LogP contribution in [0.3, 0.4) is 0 Å². The molecule has 37 heavy (non-hydrogen) atoms. The molecule has 0 radical (unpaired) electrons. The standard InChI is InChI=1S/C35H52O2/c1-8-12-15-25(5)29-19-21-32(27(7)17-14-10-3)33(23-29)35(37)34(36)24-30-22-28(11-4)18-20-31(30)26(6)16-13-9-2/h18-27,36H,8-17H2,1-7H3/b34-24-. The molecule has 0 fully saturated rings. The highest BCUT2D eigenvalue weighted by Gasteiger charge is 2.22. The van der Waals surface area contributed by atoms with Gasteiger partial charge in [-0.1, -0.05) is 117 Å². The van der Waals surface area contributed by atoms with Crippen molar-refractivity contribution in [1.29, 1.82) is 0 Å². The number of rotatable bonds is 16. The molecule has 2 aromatic rings. The van der Waals surface area contributed by atoms with Crippen LogP contribution in [0.4, 0.5) is 0 Å². The summed E-state index contributed by atoms with van der Waals surface area (Å²) < 4.78 is 0. The van der Waals surface area contributed by atoms with Gasteiger partial charge in [0, 0.05) is 5.56 Å². The minimum atomic E-state index is -0.253. The molecule has 0 spiro atoms. The van der Waals surface area contributed by atoms with E-state index in [-0.39, 0.29) is 17.5 Å². The Morgan fingerprint density at radius 1 is 0.757 bits per heavy atom. The van der Waals surface area contributed by atoms with Crippen LogP contribution < -0.4 is 0 Å². The summed E-state index contributed by atoms with van der Waals surface area (Å²) >= 11 is 0. The summed E-state index contributed by atoms with van der Waals surface area (Å²) in [4.78, 5) is 13.8. The molecule has 204 valence electrons. The van der Waals surface area contributed by atoms with Crippen LogP contribution in [0.5, 0.6) is 0 Å². The average Bonchev–Trinajstić information content (AvgIpc) is 2.92. The monoisotopic (exact) mass is 504 g/mol. The van der Waals surface area contributed by atoms with E-state index in [9.17, 15) is 9.90 Å². The number of carbonyl (C=O) groups is 1. The third kappa shape index (κ3) is 8.87. The van der Waals surface area contributed by atoms with Crippen molar-refractivity contribution in [1.82, 2.24) is 0 Å². The van der Waals surface area contributed by atoms with E-state index in [1.807, 2.05) is 0 Å². The maximum absolute atomic E-state index is 13.8. The fraction of sp³-hybridized carbons (Fsp3) is 0.571. The molecule has 0 aliphatic heterocycles. The fourth-order valence-electron chi connectivity index (χ4n) is 5.28. The van der Waals surface area contributed by atoms with Crippen LogP contribution in [0, 0.1) is 0 Å². The van der Waals surface area contributed by atoms with E-state index in [0.29, 0.717) is 17.4 Å². The second-order valence-corrected chi connectivity index (χ2v) is 11.2. The van der Waals surface area contributed by atoms with Crippen molar-refractivity contribution in [2.75, 3.05) is 0 Å². The summed E-state index contributed by atoms with van der Waals surface area (Å²) in [6.45, 7) is 15.5. The zero-order valence-corrected chi connectivity index (χ0v) is 24.7. The van der Waals surface area contributed by atoms with Gasteiger partial charge in [0.15, 0.2) is 5.76 Å². The van der Waals surface area contributed by atoms with E-state index >= 15 is 0 Å². The first-order valence-corrected chi connectivity index (χ1v) is 15.0. The van der Waals surface area contributed by atoms with Gasteiger partial charge in [-0.2, -0.15) is 0 Å². The van der Waals surface area contributed by atoms with Crippen LogP contribution in [0.25, 0.3) is 6.08 Å². The normalized spacial score (nSPS) is 14.4. The third-order valence-electron chi connectivity index (χ3n) is 8.01. The third-order valence-corrected chi connectivity index (χ3v) is 8.01. The molecule has 0 aromatic heterocycles. The Labute approximate surface area is 227 Å². The largest absolute Gasteiger partial charge is 0.504 e. The second kappa shape index (κ2) is 15.8. The average molecular weight is 505 g/mol. The summed E-state index contributed by atoms with van der Waals surface area (Å²) in [5.74, 6) is 0.647. The lowest BCUT2D eigenvalue weighted by Crippen LogP contribution is -2.11. The molecule has 2 aromatic carbocycles. The van der Waals surface area contributed by atoms with Gasteiger partial charge in [-0.15, -0.1) is 0 Å². The fourth-order valence-corrected chi connectivity index (χ4v) is 5.28. The number of ketones is 1. The summed E-state index contributed by atoms with van der Waals surface area (Å²) in [6.07, 6.45) is 12.9. The number of carbonyl (C=O) groups excluding carboxylic acids is 1. The molecular weight excluding hydrogens is 452 g/mol. The van der Waals surface area contributed by atoms with Crippen LogP contribution in [-0.2, 0) is 6.42 Å². The first-order valence-electron chi connectivity index (χ1n) is 15.0. The molecule has 0 heterocycles. The number of hydrogen-bond donors (Lipinski definition) is 1. The summed E-state index contributed by atoms with van der Waals surface area (Å²) in [5, 5.41) is 11.2. The Hall–Kier alpha value is -2.35. The number of hydrogen-bond acceptors (Lipinski definition) is 2. The molecule has 0 saturated carbocycles. The van der Waals surface area contributed by atoms with E-state index in [2.05, 4.69) is 84.9 Å². The smallest absolute Gasteiger partial charge is 0.227 e. The lowest BCUT2D eigenvalue weighted by atomic mass is 9.85. The number of aliphatic hydroxyl groups is 1. The lowest BCUT2D eigenvalue weighted by Gasteiger charge is -2.20. The van der Waals surface area contributed by atoms with E-state index in [1.54, 1.807) is 6.08 Å². The Balaban J connectivity index is 2.52. The van der Waals surface area contributed by atoms with E-state index in [4.69, 9.17) is 0 Å². The zero-order valence-electron chi connectivity index (χ0n) is 24.7. The summed E-state index contributed by atoms with van der Waals surface area (Å²) in [6, 6.07) is 12.9. The molecular formula is C35H52O2. The van der Waals surface area contributed by atoms with Crippen LogP contribution in [-0.4, -0.2) is 10.9 Å². The van der Waals surface area contributed by atoms with Gasteiger partial charge in [-0.25, -0.2) is 0 Å². The highest BCUT2D eigenvalue weighted by Crippen LogP contribution is 2.32. The molecule has 2 rings (SSSR count). The minimum Gasteiger partial charge on any atom is -0.504 e. The highest BCUT2D eigenvalue weighted by atomic mass is 16.3. The second-order valence-electron chi connectivity index (χ2n) is 11.2. The molecule has 0 saturated heterocycles. The van der Waals surface area contributed by atoms with Crippen molar-refractivity contribution in [3.63, 3.8) is 0 Å². The molecule has 0 amide bonds. The van der Waals surface area contributed by atoms with Crippen LogP contribution in [0.15, 0.2) is 42.2 Å². The van der Waals surface area contributed by atoms with E-state index in [1.165, 1.54) is 36.0 Å². The van der Waals surface area contributed by atoms with Crippen LogP contribution in [0.2, 0.25) is 0 Å². The molecule has 0 bridgehead atoms. The van der Waals surface area contributed by atoms with Gasteiger partial charge in [-0.3, -0.25) is 4.79 Å². The van der Waals surface area contributed by atoms with Crippen molar-refractivity contribution in [2.45, 2.75) is 130 Å². The quantitative estimate of drug-likeness (QED) is 0.140. The van der Waals surface area contributed by atoms with Crippen molar-refractivity contribution in [3.05, 3.63) is 75.5 Å². The van der Waals surface area contributed by atoms with Gasteiger partial charge < -0.3 is 5.11 Å². The van der Waals surface area contributed by atoms with Gasteiger partial charge in [0.05, 0.1) is 0 Å². The van der Waals surface area contributed by atoms with E-state index in [0.717, 1.165) is 56.1 Å². The van der Waals surface area contributed by atoms with Crippen molar-refractivity contribution in [3.8, 4) is 0 Å². The number of aliphatic hydroxyl groups excluding tert-OH is 1. The predicted octanol–water partition coefficient (Wildman–Crippen LogP) is 10.9. The highest BCUT2D eigenvalue weighted by molar-refractivity contribution is 6.10. The predicted molar refractivity (Wildman–Crippen MR) is 161 cm³/mol. The van der Waals surface area contributed by atoms with Crippen LogP contribution in [0.1, 0.15) is 162 Å². The Bertz CT molecular complexity index is 1020. The molecule has 1 N–H and O–H groups in total. The SMILES string of the molecule is CCCCC(C)c1ccc(C(C)CCCC)c(C(=O)/C(O)=C/c2cc(CC)ccc2C(C)CCCC)c1. The molecule has 0 aliphatic rings. The number of allylic oxidation sites excluding steroid dienone is 1. The van der Waals surface area contributed by atoms with E-state index < -0.39 is 0 Å². The topological polar surface area (TPSA) is 37.3 Å². The summed E-state index contributed by atoms with van der Waals surface area (Å²) in [7, 11) is 0. The van der Waals surface area contributed by atoms with Crippen molar-refractivity contribution >= 4 is 11.9 Å². The minimum absolute atomic E-state index is 0.153. The number of benzene rings is 2. The van der Waals surface area contributed by atoms with Crippen LogP contribution >= 0.6 is 0 Å². The first kappa shape index (κ1) is 30.9. The Morgan fingerprint density at radius 2 is 1.30 bits per heavy atom. The maximum Gasteiger partial charge on any atom is 0.227 e. The Kier molecular flexibility index (Phi) is 13.2. The van der Waals surface area contributed by atoms with Crippen molar-refractivity contribution in [2.24, 2.45) is 0 Å². The molecule has 0 aliphatic carbocycles. The van der Waals surface area contributed by atoms with Gasteiger partial charge >= 0.3 is 0 Å². The van der Waals surface area contributed by atoms with Gasteiger partial charge in [0.1, 0.15) is 0 Å². The molecule has 3 atom stereocenters.